The van der Waals surface area contributed by atoms with Crippen LogP contribution in [0.2, 0.25) is 10.0 Å². The standard InChI is InChI=1S/C28H19Cl2FN2O2S/c29-21-8-3-1-6-18(21)15-32-27(34)17-12-13-26-24(14-17)33(16-20-22(30)9-5-10-23(20)31)28(35)19-7-2-4-11-25(19)36-26/h1-14H,15-16H2,(H,32,34). The third-order valence-electron chi connectivity index (χ3n) is 5.87. The van der Waals surface area contributed by atoms with Crippen LogP contribution in [0.5, 0.6) is 0 Å². The van der Waals surface area contributed by atoms with Crippen LogP contribution in [0.15, 0.2) is 94.7 Å². The summed E-state index contributed by atoms with van der Waals surface area (Å²) in [5, 5.41) is 3.66. The zero-order chi connectivity index (χ0) is 25.2. The van der Waals surface area contributed by atoms with Crippen LogP contribution in [0, 0.1) is 5.82 Å². The molecule has 0 atom stereocenters. The Hall–Kier alpha value is -3.32. The Morgan fingerprint density at radius 1 is 0.889 bits per heavy atom. The van der Waals surface area contributed by atoms with Crippen molar-refractivity contribution in [1.29, 1.82) is 0 Å². The van der Waals surface area contributed by atoms with Gasteiger partial charge in [0, 0.05) is 37.5 Å². The summed E-state index contributed by atoms with van der Waals surface area (Å²) in [4.78, 5) is 29.7. The summed E-state index contributed by atoms with van der Waals surface area (Å²) in [6.45, 7) is 0.167. The van der Waals surface area contributed by atoms with Gasteiger partial charge >= 0.3 is 0 Å². The highest BCUT2D eigenvalue weighted by Crippen LogP contribution is 2.42. The molecule has 1 N–H and O–H groups in total. The molecule has 0 spiro atoms. The molecule has 8 heteroatoms. The van der Waals surface area contributed by atoms with Crippen LogP contribution < -0.4 is 10.2 Å². The number of nitrogens with zero attached hydrogens (tertiary/aromatic N) is 1. The molecule has 0 bridgehead atoms. The summed E-state index contributed by atoms with van der Waals surface area (Å²) in [6, 6.07) is 24.1. The van der Waals surface area contributed by atoms with Crippen molar-refractivity contribution < 1.29 is 14.0 Å². The largest absolute Gasteiger partial charge is 0.348 e. The number of hydrogen-bond acceptors (Lipinski definition) is 3. The first-order valence-electron chi connectivity index (χ1n) is 11.1. The third kappa shape index (κ3) is 4.85. The van der Waals surface area contributed by atoms with Crippen LogP contribution in [0.25, 0.3) is 0 Å². The first-order chi connectivity index (χ1) is 17.4. The van der Waals surface area contributed by atoms with Crippen LogP contribution >= 0.6 is 35.0 Å². The number of nitrogens with one attached hydrogen (secondary N) is 1. The molecule has 0 radical (unpaired) electrons. The van der Waals surface area contributed by atoms with Crippen LogP contribution in [0.1, 0.15) is 31.8 Å². The zero-order valence-electron chi connectivity index (χ0n) is 18.8. The van der Waals surface area contributed by atoms with E-state index in [-0.39, 0.29) is 35.5 Å². The second-order valence-electron chi connectivity index (χ2n) is 8.15. The number of fused-ring (bicyclic) bond motifs is 2. The normalized spacial score (nSPS) is 12.5. The summed E-state index contributed by atoms with van der Waals surface area (Å²) < 4.78 is 14.7. The summed E-state index contributed by atoms with van der Waals surface area (Å²) in [5.41, 5.74) is 2.36. The molecule has 4 nitrogen and oxygen atoms in total. The molecule has 1 aliphatic rings. The summed E-state index contributed by atoms with van der Waals surface area (Å²) in [5.74, 6) is -1.12. The fraction of sp³-hybridized carbons (Fsp3) is 0.0714. The molecule has 1 heterocycles. The molecule has 4 aromatic carbocycles. The fourth-order valence-corrected chi connectivity index (χ4v) is 5.46. The lowest BCUT2D eigenvalue weighted by atomic mass is 10.1. The van der Waals surface area contributed by atoms with E-state index in [0.29, 0.717) is 21.8 Å². The number of halogens is 3. The molecule has 36 heavy (non-hydrogen) atoms. The number of hydrogen-bond donors (Lipinski definition) is 1. The SMILES string of the molecule is O=C(NCc1ccccc1Cl)c1ccc2c(c1)N(Cc1c(F)cccc1Cl)C(=O)c1ccccc1S2. The first kappa shape index (κ1) is 24.4. The van der Waals surface area contributed by atoms with Crippen molar-refractivity contribution in [1.82, 2.24) is 5.32 Å². The molecule has 0 saturated carbocycles. The van der Waals surface area contributed by atoms with Gasteiger partial charge in [-0.1, -0.05) is 71.4 Å². The Balaban J connectivity index is 1.53. The topological polar surface area (TPSA) is 49.4 Å². The Kier molecular flexibility index (Phi) is 7.01. The average Bonchev–Trinajstić information content (AvgIpc) is 2.99. The van der Waals surface area contributed by atoms with Gasteiger partial charge in [0.05, 0.1) is 17.8 Å². The van der Waals surface area contributed by atoms with E-state index in [4.69, 9.17) is 23.2 Å². The van der Waals surface area contributed by atoms with E-state index in [1.54, 1.807) is 42.5 Å². The van der Waals surface area contributed by atoms with E-state index in [9.17, 15) is 14.0 Å². The smallest absolute Gasteiger partial charge is 0.259 e. The monoisotopic (exact) mass is 536 g/mol. The number of amides is 2. The minimum atomic E-state index is -0.504. The van der Waals surface area contributed by atoms with Crippen molar-refractivity contribution in [3.8, 4) is 0 Å². The van der Waals surface area contributed by atoms with Gasteiger partial charge in [-0.05, 0) is 54.1 Å². The molecule has 0 aromatic heterocycles. The lowest BCUT2D eigenvalue weighted by Gasteiger charge is -2.24. The minimum Gasteiger partial charge on any atom is -0.348 e. The lowest BCUT2D eigenvalue weighted by molar-refractivity contribution is 0.0947. The zero-order valence-corrected chi connectivity index (χ0v) is 21.1. The van der Waals surface area contributed by atoms with Gasteiger partial charge in [-0.25, -0.2) is 4.39 Å². The number of anilines is 1. The molecule has 0 unspecified atom stereocenters. The second kappa shape index (κ2) is 10.3. The Bertz CT molecular complexity index is 1470. The van der Waals surface area contributed by atoms with Crippen LogP contribution in [-0.2, 0) is 13.1 Å². The number of carbonyl (C=O) groups is 2. The molecular formula is C28H19Cl2FN2O2S. The van der Waals surface area contributed by atoms with Crippen LogP contribution in [-0.4, -0.2) is 11.8 Å². The molecule has 180 valence electrons. The molecular weight excluding hydrogens is 518 g/mol. The highest BCUT2D eigenvalue weighted by atomic mass is 35.5. The van der Waals surface area contributed by atoms with Crippen molar-refractivity contribution in [2.45, 2.75) is 22.9 Å². The van der Waals surface area contributed by atoms with Crippen LogP contribution in [0.4, 0.5) is 10.1 Å². The van der Waals surface area contributed by atoms with E-state index in [2.05, 4.69) is 5.32 Å². The average molecular weight is 537 g/mol. The predicted molar refractivity (Wildman–Crippen MR) is 142 cm³/mol. The van der Waals surface area contributed by atoms with Crippen molar-refractivity contribution in [3.05, 3.63) is 123 Å². The van der Waals surface area contributed by atoms with Crippen molar-refractivity contribution in [2.75, 3.05) is 4.90 Å². The van der Waals surface area contributed by atoms with Gasteiger partial charge < -0.3 is 10.2 Å². The maximum atomic E-state index is 14.7. The maximum Gasteiger partial charge on any atom is 0.259 e. The second-order valence-corrected chi connectivity index (χ2v) is 10.0. The van der Waals surface area contributed by atoms with Crippen molar-refractivity contribution in [2.24, 2.45) is 0 Å². The molecule has 2 amide bonds. The Labute approximate surface area is 222 Å². The van der Waals surface area contributed by atoms with Gasteiger partial charge in [-0.3, -0.25) is 9.59 Å². The fourth-order valence-electron chi connectivity index (χ4n) is 3.98. The minimum absolute atomic E-state index is 0.0864. The summed E-state index contributed by atoms with van der Waals surface area (Å²) in [6.07, 6.45) is 0. The lowest BCUT2D eigenvalue weighted by Crippen LogP contribution is -2.31. The van der Waals surface area contributed by atoms with Gasteiger partial charge in [-0.2, -0.15) is 0 Å². The molecule has 4 aromatic rings. The van der Waals surface area contributed by atoms with E-state index in [1.807, 2.05) is 30.3 Å². The van der Waals surface area contributed by atoms with Crippen LogP contribution in [0.3, 0.4) is 0 Å². The maximum absolute atomic E-state index is 14.7. The van der Waals surface area contributed by atoms with Gasteiger partial charge in [0.1, 0.15) is 5.82 Å². The molecule has 0 fully saturated rings. The van der Waals surface area contributed by atoms with E-state index in [1.165, 1.54) is 28.8 Å². The molecule has 5 rings (SSSR count). The van der Waals surface area contributed by atoms with Crippen molar-refractivity contribution >= 4 is 52.5 Å². The van der Waals surface area contributed by atoms with E-state index < -0.39 is 5.82 Å². The highest BCUT2D eigenvalue weighted by Gasteiger charge is 2.29. The summed E-state index contributed by atoms with van der Waals surface area (Å²) in [7, 11) is 0. The number of carbonyl (C=O) groups excluding carboxylic acids is 2. The highest BCUT2D eigenvalue weighted by molar-refractivity contribution is 7.99. The summed E-state index contributed by atoms with van der Waals surface area (Å²) >= 11 is 13.9. The first-order valence-corrected chi connectivity index (χ1v) is 12.7. The number of rotatable bonds is 5. The molecule has 0 saturated heterocycles. The Morgan fingerprint density at radius 2 is 1.64 bits per heavy atom. The van der Waals surface area contributed by atoms with Gasteiger partial charge in [0.15, 0.2) is 0 Å². The van der Waals surface area contributed by atoms with Gasteiger partial charge in [0.2, 0.25) is 0 Å². The predicted octanol–water partition coefficient (Wildman–Crippen LogP) is 7.37. The third-order valence-corrected chi connectivity index (χ3v) is 7.73. The quantitative estimate of drug-likeness (QED) is 0.289. The Morgan fingerprint density at radius 3 is 2.44 bits per heavy atom. The van der Waals surface area contributed by atoms with E-state index in [0.717, 1.165) is 15.4 Å². The molecule has 0 aliphatic carbocycles. The van der Waals surface area contributed by atoms with Gasteiger partial charge in [0.25, 0.3) is 11.8 Å². The van der Waals surface area contributed by atoms with Crippen molar-refractivity contribution in [3.63, 3.8) is 0 Å². The van der Waals surface area contributed by atoms with E-state index >= 15 is 0 Å². The molecule has 1 aliphatic heterocycles. The van der Waals surface area contributed by atoms with Gasteiger partial charge in [-0.15, -0.1) is 0 Å². The number of benzene rings is 4.